The smallest absolute Gasteiger partial charge is 0.243 e. The molecule has 0 saturated carbocycles. The zero-order chi connectivity index (χ0) is 13.1. The van der Waals surface area contributed by atoms with Gasteiger partial charge in [0.25, 0.3) is 0 Å². The van der Waals surface area contributed by atoms with E-state index in [4.69, 9.17) is 5.84 Å². The second kappa shape index (κ2) is 5.32. The van der Waals surface area contributed by atoms with Crippen LogP contribution in [0.1, 0.15) is 12.8 Å². The summed E-state index contributed by atoms with van der Waals surface area (Å²) in [5, 5.41) is 9.34. The lowest BCUT2D eigenvalue weighted by Gasteiger charge is -2.24. The van der Waals surface area contributed by atoms with Crippen LogP contribution in [0, 0.1) is 0 Å². The molecule has 18 heavy (non-hydrogen) atoms. The molecule has 1 unspecified atom stereocenters. The Labute approximate surface area is 106 Å². The Hall–Kier alpha value is -1.67. The van der Waals surface area contributed by atoms with Crippen molar-refractivity contribution in [3.05, 3.63) is 0 Å². The Morgan fingerprint density at radius 2 is 2.22 bits per heavy atom. The number of nitrogens with zero attached hydrogens (tertiary/aromatic N) is 5. The van der Waals surface area contributed by atoms with E-state index in [0.29, 0.717) is 17.8 Å². The third-order valence-corrected chi connectivity index (χ3v) is 2.99. The molecular formula is C10H19N7O. The van der Waals surface area contributed by atoms with E-state index >= 15 is 0 Å². The summed E-state index contributed by atoms with van der Waals surface area (Å²) in [6.45, 7) is 0.945. The summed E-state index contributed by atoms with van der Waals surface area (Å²) in [6.07, 6.45) is 1.98. The third-order valence-electron chi connectivity index (χ3n) is 2.99. The standard InChI is InChI=1S/C10H19N7O/c1-16(2)9-12-8(15-11)13-10(14-9)17-5-3-4-7(17)6-18/h7,18H,3-6,11H2,1-2H3,(H,12,13,14,15). The number of anilines is 3. The molecule has 1 atom stereocenters. The molecule has 1 aliphatic rings. The summed E-state index contributed by atoms with van der Waals surface area (Å²) in [5.41, 5.74) is 2.44. The summed E-state index contributed by atoms with van der Waals surface area (Å²) < 4.78 is 0. The van der Waals surface area contributed by atoms with E-state index in [1.165, 1.54) is 0 Å². The molecule has 0 amide bonds. The molecule has 0 bridgehead atoms. The highest BCUT2D eigenvalue weighted by molar-refractivity contribution is 5.45. The van der Waals surface area contributed by atoms with Crippen LogP contribution in [0.4, 0.5) is 17.8 Å². The van der Waals surface area contributed by atoms with Crippen molar-refractivity contribution in [3.8, 4) is 0 Å². The molecule has 0 aromatic carbocycles. The second-order valence-corrected chi connectivity index (χ2v) is 4.47. The Bertz CT molecular complexity index is 411. The van der Waals surface area contributed by atoms with Gasteiger partial charge in [0.15, 0.2) is 0 Å². The van der Waals surface area contributed by atoms with Gasteiger partial charge in [-0.05, 0) is 12.8 Å². The summed E-state index contributed by atoms with van der Waals surface area (Å²) in [6, 6.07) is 0.0769. The van der Waals surface area contributed by atoms with E-state index in [2.05, 4.69) is 20.4 Å². The number of aliphatic hydroxyl groups is 1. The highest BCUT2D eigenvalue weighted by Gasteiger charge is 2.27. The SMILES string of the molecule is CN(C)c1nc(NN)nc(N2CCCC2CO)n1. The summed E-state index contributed by atoms with van der Waals surface area (Å²) >= 11 is 0. The molecule has 1 aromatic heterocycles. The fraction of sp³-hybridized carbons (Fsp3) is 0.700. The number of nitrogens with one attached hydrogen (secondary N) is 1. The molecule has 1 fully saturated rings. The van der Waals surface area contributed by atoms with E-state index in [9.17, 15) is 5.11 Å². The predicted molar refractivity (Wildman–Crippen MR) is 69.4 cm³/mol. The number of hydrogen-bond donors (Lipinski definition) is 3. The van der Waals surface area contributed by atoms with Gasteiger partial charge in [0.1, 0.15) is 0 Å². The number of hydrazine groups is 1. The van der Waals surface area contributed by atoms with E-state index < -0.39 is 0 Å². The zero-order valence-electron chi connectivity index (χ0n) is 10.7. The van der Waals surface area contributed by atoms with Crippen LogP contribution in [0.3, 0.4) is 0 Å². The molecule has 1 aromatic rings. The second-order valence-electron chi connectivity index (χ2n) is 4.47. The molecule has 1 aliphatic heterocycles. The van der Waals surface area contributed by atoms with Gasteiger partial charge in [0, 0.05) is 20.6 Å². The van der Waals surface area contributed by atoms with Crippen molar-refractivity contribution in [2.75, 3.05) is 42.5 Å². The Morgan fingerprint density at radius 1 is 1.44 bits per heavy atom. The molecule has 2 heterocycles. The van der Waals surface area contributed by atoms with Gasteiger partial charge in [-0.1, -0.05) is 0 Å². The first-order valence-electron chi connectivity index (χ1n) is 5.93. The van der Waals surface area contributed by atoms with E-state index in [1.807, 2.05) is 19.0 Å². The number of nitrogen functional groups attached to an aromatic ring is 1. The summed E-state index contributed by atoms with van der Waals surface area (Å²) in [5.74, 6) is 6.78. The summed E-state index contributed by atoms with van der Waals surface area (Å²) in [4.78, 5) is 16.6. The minimum absolute atomic E-state index is 0.0769. The van der Waals surface area contributed by atoms with E-state index in [-0.39, 0.29) is 12.6 Å². The fourth-order valence-corrected chi connectivity index (χ4v) is 2.04. The van der Waals surface area contributed by atoms with Crippen LogP contribution < -0.4 is 21.1 Å². The van der Waals surface area contributed by atoms with Crippen LogP contribution in [-0.4, -0.2) is 53.3 Å². The van der Waals surface area contributed by atoms with Crippen molar-refractivity contribution < 1.29 is 5.11 Å². The number of aliphatic hydroxyl groups excluding tert-OH is 1. The number of rotatable bonds is 4. The molecule has 100 valence electrons. The molecule has 4 N–H and O–H groups in total. The summed E-state index contributed by atoms with van der Waals surface area (Å²) in [7, 11) is 3.71. The van der Waals surface area contributed by atoms with Gasteiger partial charge >= 0.3 is 0 Å². The predicted octanol–water partition coefficient (Wildman–Crippen LogP) is -0.816. The Morgan fingerprint density at radius 3 is 2.83 bits per heavy atom. The third kappa shape index (κ3) is 2.44. The highest BCUT2D eigenvalue weighted by Crippen LogP contribution is 2.23. The molecular weight excluding hydrogens is 234 g/mol. The van der Waals surface area contributed by atoms with Crippen molar-refractivity contribution in [3.63, 3.8) is 0 Å². The molecule has 0 aliphatic carbocycles. The van der Waals surface area contributed by atoms with E-state index in [0.717, 1.165) is 19.4 Å². The molecule has 8 heteroatoms. The van der Waals surface area contributed by atoms with Crippen LogP contribution >= 0.6 is 0 Å². The molecule has 0 spiro atoms. The Balaban J connectivity index is 2.34. The molecule has 0 radical (unpaired) electrons. The Kier molecular flexibility index (Phi) is 3.78. The van der Waals surface area contributed by atoms with Crippen molar-refractivity contribution in [2.45, 2.75) is 18.9 Å². The first kappa shape index (κ1) is 12.8. The zero-order valence-corrected chi connectivity index (χ0v) is 10.7. The number of nitrogens with two attached hydrogens (primary N) is 1. The van der Waals surface area contributed by atoms with Crippen LogP contribution in [0.15, 0.2) is 0 Å². The highest BCUT2D eigenvalue weighted by atomic mass is 16.3. The van der Waals surface area contributed by atoms with Crippen molar-refractivity contribution >= 4 is 17.8 Å². The number of hydrogen-bond acceptors (Lipinski definition) is 8. The van der Waals surface area contributed by atoms with Gasteiger partial charge < -0.3 is 14.9 Å². The topological polar surface area (TPSA) is 103 Å². The van der Waals surface area contributed by atoms with E-state index in [1.54, 1.807) is 4.90 Å². The minimum Gasteiger partial charge on any atom is -0.394 e. The average Bonchev–Trinajstić information content (AvgIpc) is 2.86. The quantitative estimate of drug-likeness (QED) is 0.472. The van der Waals surface area contributed by atoms with Crippen LogP contribution in [-0.2, 0) is 0 Å². The van der Waals surface area contributed by atoms with Crippen molar-refractivity contribution in [2.24, 2.45) is 5.84 Å². The first-order chi connectivity index (χ1) is 8.65. The van der Waals surface area contributed by atoms with Gasteiger partial charge in [0.05, 0.1) is 12.6 Å². The first-order valence-corrected chi connectivity index (χ1v) is 5.93. The largest absolute Gasteiger partial charge is 0.394 e. The van der Waals surface area contributed by atoms with Gasteiger partial charge in [0.2, 0.25) is 17.8 Å². The van der Waals surface area contributed by atoms with Gasteiger partial charge in [-0.3, -0.25) is 5.43 Å². The lowest BCUT2D eigenvalue weighted by Crippen LogP contribution is -2.34. The van der Waals surface area contributed by atoms with Gasteiger partial charge in [-0.2, -0.15) is 15.0 Å². The van der Waals surface area contributed by atoms with Crippen molar-refractivity contribution in [1.29, 1.82) is 0 Å². The monoisotopic (exact) mass is 253 g/mol. The molecule has 2 rings (SSSR count). The van der Waals surface area contributed by atoms with Gasteiger partial charge in [-0.25, -0.2) is 5.84 Å². The van der Waals surface area contributed by atoms with Crippen LogP contribution in [0.25, 0.3) is 0 Å². The fourth-order valence-electron chi connectivity index (χ4n) is 2.04. The maximum atomic E-state index is 9.34. The number of aromatic nitrogens is 3. The lowest BCUT2D eigenvalue weighted by molar-refractivity contribution is 0.265. The maximum absolute atomic E-state index is 9.34. The normalized spacial score (nSPS) is 19.1. The average molecular weight is 253 g/mol. The van der Waals surface area contributed by atoms with Crippen LogP contribution in [0.5, 0.6) is 0 Å². The van der Waals surface area contributed by atoms with Crippen molar-refractivity contribution in [1.82, 2.24) is 15.0 Å². The lowest BCUT2D eigenvalue weighted by atomic mass is 10.2. The van der Waals surface area contributed by atoms with Gasteiger partial charge in [-0.15, -0.1) is 0 Å². The maximum Gasteiger partial charge on any atom is 0.243 e. The minimum atomic E-state index is 0.0769. The molecule has 1 saturated heterocycles. The van der Waals surface area contributed by atoms with Crippen LogP contribution in [0.2, 0.25) is 0 Å². The molecule has 8 nitrogen and oxygen atoms in total.